The van der Waals surface area contributed by atoms with Gasteiger partial charge in [0.25, 0.3) is 11.7 Å². The highest BCUT2D eigenvalue weighted by Gasteiger charge is 2.46. The van der Waals surface area contributed by atoms with Crippen molar-refractivity contribution in [3.63, 3.8) is 0 Å². The van der Waals surface area contributed by atoms with Crippen molar-refractivity contribution in [2.45, 2.75) is 13.0 Å². The molecule has 0 aliphatic carbocycles. The van der Waals surface area contributed by atoms with Crippen molar-refractivity contribution >= 4 is 17.4 Å². The van der Waals surface area contributed by atoms with Crippen molar-refractivity contribution in [2.24, 2.45) is 0 Å². The first-order valence-electron chi connectivity index (χ1n) is 9.89. The van der Waals surface area contributed by atoms with Gasteiger partial charge in [0.15, 0.2) is 11.5 Å². The van der Waals surface area contributed by atoms with Crippen LogP contribution in [0.2, 0.25) is 0 Å². The van der Waals surface area contributed by atoms with Crippen LogP contribution in [0.3, 0.4) is 0 Å². The van der Waals surface area contributed by atoms with Crippen LogP contribution in [0.1, 0.15) is 24.1 Å². The molecule has 8 heteroatoms. The highest BCUT2D eigenvalue weighted by Crippen LogP contribution is 2.41. The van der Waals surface area contributed by atoms with Gasteiger partial charge in [-0.1, -0.05) is 6.07 Å². The van der Waals surface area contributed by atoms with Gasteiger partial charge in [0.2, 0.25) is 0 Å². The molecule has 31 heavy (non-hydrogen) atoms. The normalized spacial score (nSPS) is 18.1. The number of hydrogen-bond acceptors (Lipinski definition) is 6. The predicted octanol–water partition coefficient (Wildman–Crippen LogP) is 2.91. The van der Waals surface area contributed by atoms with Gasteiger partial charge in [-0.2, -0.15) is 0 Å². The second kappa shape index (κ2) is 9.18. The van der Waals surface area contributed by atoms with Crippen LogP contribution >= 0.6 is 0 Å². The Kier molecular flexibility index (Phi) is 6.60. The van der Waals surface area contributed by atoms with Crippen LogP contribution in [0.15, 0.2) is 48.0 Å². The number of aliphatic hydroxyl groups excluding tert-OH is 1. The maximum absolute atomic E-state index is 13.3. The highest BCUT2D eigenvalue weighted by atomic mass is 19.1. The van der Waals surface area contributed by atoms with Crippen molar-refractivity contribution in [1.82, 2.24) is 9.80 Å². The topological polar surface area (TPSA) is 90.3 Å². The van der Waals surface area contributed by atoms with E-state index in [1.54, 1.807) is 19.1 Å². The van der Waals surface area contributed by atoms with Gasteiger partial charge < -0.3 is 24.7 Å². The molecule has 0 saturated carbocycles. The smallest absolute Gasteiger partial charge is 0.295 e. The fraction of sp³-hybridized carbons (Fsp3) is 0.304. The predicted molar refractivity (Wildman–Crippen MR) is 113 cm³/mol. The monoisotopic (exact) mass is 428 g/mol. The number of benzene rings is 2. The molecule has 7 nitrogen and oxygen atoms in total. The second-order valence-electron chi connectivity index (χ2n) is 7.46. The number of carbonyl (C=O) groups is 2. The molecule has 1 amide bonds. The molecule has 1 atom stereocenters. The highest BCUT2D eigenvalue weighted by molar-refractivity contribution is 6.46. The fourth-order valence-electron chi connectivity index (χ4n) is 3.50. The van der Waals surface area contributed by atoms with Gasteiger partial charge in [-0.15, -0.1) is 0 Å². The molecular weight excluding hydrogens is 403 g/mol. The number of likely N-dealkylation sites (N-methyl/N-ethyl adjacent to an activating group) is 1. The molecule has 0 radical (unpaired) electrons. The van der Waals surface area contributed by atoms with Crippen molar-refractivity contribution in [2.75, 3.05) is 33.8 Å². The van der Waals surface area contributed by atoms with E-state index < -0.39 is 23.5 Å². The van der Waals surface area contributed by atoms with E-state index in [0.29, 0.717) is 18.7 Å². The van der Waals surface area contributed by atoms with Crippen LogP contribution < -0.4 is 4.74 Å². The summed E-state index contributed by atoms with van der Waals surface area (Å²) in [5.41, 5.74) is 0.632. The Morgan fingerprint density at radius 3 is 2.45 bits per heavy atom. The summed E-state index contributed by atoms with van der Waals surface area (Å²) >= 11 is 0. The summed E-state index contributed by atoms with van der Waals surface area (Å²) in [7, 11) is 3.69. The lowest BCUT2D eigenvalue weighted by Crippen LogP contribution is -2.35. The number of phenols is 1. The number of halogens is 1. The lowest BCUT2D eigenvalue weighted by molar-refractivity contribution is -0.140. The van der Waals surface area contributed by atoms with E-state index in [1.807, 2.05) is 19.0 Å². The molecule has 1 saturated heterocycles. The molecule has 1 aliphatic heterocycles. The zero-order chi connectivity index (χ0) is 22.7. The Balaban J connectivity index is 2.17. The lowest BCUT2D eigenvalue weighted by Gasteiger charge is -2.27. The van der Waals surface area contributed by atoms with Crippen LogP contribution in [-0.2, 0) is 9.59 Å². The quantitative estimate of drug-likeness (QED) is 0.400. The minimum absolute atomic E-state index is 0.0747. The van der Waals surface area contributed by atoms with Crippen LogP contribution in [-0.4, -0.2) is 65.5 Å². The largest absolute Gasteiger partial charge is 0.507 e. The number of ether oxygens (including phenoxy) is 1. The number of aliphatic hydroxyl groups is 1. The molecule has 2 aromatic rings. The molecule has 0 unspecified atom stereocenters. The van der Waals surface area contributed by atoms with Crippen LogP contribution in [0.25, 0.3) is 5.76 Å². The summed E-state index contributed by atoms with van der Waals surface area (Å²) in [5, 5.41) is 21.0. The van der Waals surface area contributed by atoms with Crippen molar-refractivity contribution in [3.05, 3.63) is 65.0 Å². The summed E-state index contributed by atoms with van der Waals surface area (Å²) in [5.74, 6) is -2.30. The zero-order valence-electron chi connectivity index (χ0n) is 17.6. The Morgan fingerprint density at radius 2 is 1.84 bits per heavy atom. The number of ketones is 1. The number of rotatable bonds is 7. The van der Waals surface area contributed by atoms with Crippen molar-refractivity contribution in [3.8, 4) is 11.5 Å². The molecule has 0 aromatic heterocycles. The Labute approximate surface area is 180 Å². The van der Waals surface area contributed by atoms with E-state index in [2.05, 4.69) is 0 Å². The fourth-order valence-corrected chi connectivity index (χ4v) is 3.50. The number of phenolic OH excluding ortho intramolecular Hbond substituents is 1. The van der Waals surface area contributed by atoms with E-state index in [-0.39, 0.29) is 34.9 Å². The van der Waals surface area contributed by atoms with E-state index in [9.17, 15) is 24.2 Å². The maximum Gasteiger partial charge on any atom is 0.295 e. The molecular formula is C23H25FN2O5. The molecule has 0 spiro atoms. The number of hydrogen-bond donors (Lipinski definition) is 2. The number of amides is 1. The third-order valence-electron chi connectivity index (χ3n) is 5.05. The minimum Gasteiger partial charge on any atom is -0.507 e. The molecule has 3 rings (SSSR count). The second-order valence-corrected chi connectivity index (χ2v) is 7.46. The molecule has 2 aromatic carbocycles. The summed E-state index contributed by atoms with van der Waals surface area (Å²) in [6.45, 7) is 2.82. The Hall–Kier alpha value is -3.39. The standard InChI is InChI=1S/C23H25FN2O5/c1-4-31-18-13-15(7-10-17(18)27)20-19(21(28)14-5-8-16(24)9-6-14)22(29)23(30)26(20)12-11-25(2)3/h5-10,13,20,27-28H,4,11-12H2,1-3H3/t20-/m0/s1. The first-order chi connectivity index (χ1) is 14.7. The van der Waals surface area contributed by atoms with Gasteiger partial charge >= 0.3 is 0 Å². The lowest BCUT2D eigenvalue weighted by atomic mass is 9.95. The first kappa shape index (κ1) is 22.3. The molecule has 0 bridgehead atoms. The minimum atomic E-state index is -0.884. The van der Waals surface area contributed by atoms with Crippen molar-refractivity contribution in [1.29, 1.82) is 0 Å². The third-order valence-corrected chi connectivity index (χ3v) is 5.05. The average Bonchev–Trinajstić information content (AvgIpc) is 2.98. The van der Waals surface area contributed by atoms with Gasteiger partial charge in [0.05, 0.1) is 18.2 Å². The molecule has 1 aliphatic rings. The molecule has 2 N–H and O–H groups in total. The number of nitrogens with zero attached hydrogens (tertiary/aromatic N) is 2. The number of aromatic hydroxyl groups is 1. The van der Waals surface area contributed by atoms with Gasteiger partial charge in [-0.05, 0) is 63.0 Å². The van der Waals surface area contributed by atoms with Gasteiger partial charge in [-0.25, -0.2) is 4.39 Å². The number of likely N-dealkylation sites (tertiary alicyclic amines) is 1. The van der Waals surface area contributed by atoms with E-state index in [1.165, 1.54) is 35.2 Å². The van der Waals surface area contributed by atoms with E-state index >= 15 is 0 Å². The van der Waals surface area contributed by atoms with Crippen LogP contribution in [0, 0.1) is 5.82 Å². The summed E-state index contributed by atoms with van der Waals surface area (Å²) in [6, 6.07) is 8.69. The first-order valence-corrected chi connectivity index (χ1v) is 9.89. The zero-order valence-corrected chi connectivity index (χ0v) is 17.6. The third kappa shape index (κ3) is 4.54. The summed E-state index contributed by atoms with van der Waals surface area (Å²) in [4.78, 5) is 29.0. The Morgan fingerprint density at radius 1 is 1.16 bits per heavy atom. The van der Waals surface area contributed by atoms with E-state index in [0.717, 1.165) is 0 Å². The number of Topliss-reactive ketones (excluding diaryl/α,β-unsaturated/α-hetero) is 1. The van der Waals surface area contributed by atoms with Crippen molar-refractivity contribution < 1.29 is 28.9 Å². The van der Waals surface area contributed by atoms with E-state index in [4.69, 9.17) is 4.74 Å². The van der Waals surface area contributed by atoms with Crippen LogP contribution in [0.5, 0.6) is 11.5 Å². The molecule has 164 valence electrons. The molecule has 1 fully saturated rings. The maximum atomic E-state index is 13.3. The van der Waals surface area contributed by atoms with Crippen LogP contribution in [0.4, 0.5) is 4.39 Å². The van der Waals surface area contributed by atoms with Gasteiger partial charge in [0.1, 0.15) is 11.6 Å². The average molecular weight is 428 g/mol. The van der Waals surface area contributed by atoms with Gasteiger partial charge in [-0.3, -0.25) is 9.59 Å². The van der Waals surface area contributed by atoms with Gasteiger partial charge in [0, 0.05) is 18.7 Å². The number of carbonyl (C=O) groups excluding carboxylic acids is 2. The molecule has 1 heterocycles. The Bertz CT molecular complexity index is 1020. The summed E-state index contributed by atoms with van der Waals surface area (Å²) in [6.07, 6.45) is 0. The SMILES string of the molecule is CCOc1cc([C@H]2C(=C(O)c3ccc(F)cc3)C(=O)C(=O)N2CCN(C)C)ccc1O. The summed E-state index contributed by atoms with van der Waals surface area (Å²) < 4.78 is 18.8.